The number of hydrogen-bond acceptors (Lipinski definition) is 2. The van der Waals surface area contributed by atoms with Crippen molar-refractivity contribution in [3.8, 4) is 0 Å². The number of amides is 1. The zero-order valence-corrected chi connectivity index (χ0v) is 9.86. The van der Waals surface area contributed by atoms with Gasteiger partial charge < -0.3 is 10.4 Å². The first-order chi connectivity index (χ1) is 9.11. The Labute approximate surface area is 108 Å². The molecule has 0 saturated heterocycles. The Morgan fingerprint density at radius 2 is 1.89 bits per heavy atom. The number of aliphatic hydroxyl groups is 1. The summed E-state index contributed by atoms with van der Waals surface area (Å²) in [5.74, 6) is -2.26. The fourth-order valence-electron chi connectivity index (χ4n) is 1.64. The van der Waals surface area contributed by atoms with Gasteiger partial charge in [0.1, 0.15) is 11.6 Å². The fourth-order valence-corrected chi connectivity index (χ4v) is 1.64. The second-order valence-electron chi connectivity index (χ2n) is 3.89. The minimum Gasteiger partial charge on any atom is -0.392 e. The summed E-state index contributed by atoms with van der Waals surface area (Å²) in [6.07, 6.45) is 0. The summed E-state index contributed by atoms with van der Waals surface area (Å²) in [5, 5.41) is 11.6. The maximum Gasteiger partial charge on any atom is 0.258 e. The average Bonchev–Trinajstić information content (AvgIpc) is 2.42. The summed E-state index contributed by atoms with van der Waals surface area (Å²) >= 11 is 0. The highest BCUT2D eigenvalue weighted by molar-refractivity contribution is 6.04. The first-order valence-corrected chi connectivity index (χ1v) is 5.57. The molecular formula is C14H11F2NO2. The van der Waals surface area contributed by atoms with Crippen molar-refractivity contribution in [2.75, 3.05) is 5.32 Å². The predicted molar refractivity (Wildman–Crippen MR) is 66.7 cm³/mol. The Hall–Kier alpha value is -2.27. The molecule has 0 aliphatic carbocycles. The molecule has 0 bridgehead atoms. The first-order valence-electron chi connectivity index (χ1n) is 5.57. The molecule has 3 nitrogen and oxygen atoms in total. The molecule has 0 spiro atoms. The summed E-state index contributed by atoms with van der Waals surface area (Å²) in [5.41, 5.74) is 0.471. The zero-order chi connectivity index (χ0) is 13.8. The minimum absolute atomic E-state index is 0.262. The van der Waals surface area contributed by atoms with E-state index in [2.05, 4.69) is 5.32 Å². The Bertz CT molecular complexity index is 614. The molecule has 2 N–H and O–H groups in total. The standard InChI is InChI=1S/C14H11F2NO2/c15-10-5-6-12(16)11(7-10)14(19)17-13-4-2-1-3-9(13)8-18/h1-7,18H,8H2,(H,17,19). The highest BCUT2D eigenvalue weighted by Gasteiger charge is 2.14. The Morgan fingerprint density at radius 1 is 1.16 bits per heavy atom. The van der Waals surface area contributed by atoms with Gasteiger partial charge in [0.25, 0.3) is 5.91 Å². The van der Waals surface area contributed by atoms with Crippen LogP contribution in [0.1, 0.15) is 15.9 Å². The molecule has 0 aliphatic heterocycles. The monoisotopic (exact) mass is 263 g/mol. The van der Waals surface area contributed by atoms with Crippen LogP contribution in [-0.4, -0.2) is 11.0 Å². The molecule has 0 saturated carbocycles. The van der Waals surface area contributed by atoms with Crippen LogP contribution in [0.4, 0.5) is 14.5 Å². The van der Waals surface area contributed by atoms with E-state index in [0.29, 0.717) is 11.3 Å². The van der Waals surface area contributed by atoms with Gasteiger partial charge in [0.05, 0.1) is 12.2 Å². The van der Waals surface area contributed by atoms with Crippen LogP contribution < -0.4 is 5.32 Å². The van der Waals surface area contributed by atoms with Crippen LogP contribution in [0.5, 0.6) is 0 Å². The van der Waals surface area contributed by atoms with Crippen molar-refractivity contribution in [2.24, 2.45) is 0 Å². The van der Waals surface area contributed by atoms with Gasteiger partial charge >= 0.3 is 0 Å². The van der Waals surface area contributed by atoms with Crippen LogP contribution in [0.2, 0.25) is 0 Å². The summed E-state index contributed by atoms with van der Waals surface area (Å²) in [7, 11) is 0. The molecule has 0 fully saturated rings. The van der Waals surface area contributed by atoms with Crippen LogP contribution in [-0.2, 0) is 6.61 Å². The third-order valence-corrected chi connectivity index (χ3v) is 2.61. The van der Waals surface area contributed by atoms with Gasteiger partial charge in [-0.05, 0) is 24.3 Å². The Balaban J connectivity index is 2.28. The number of benzene rings is 2. The number of anilines is 1. The van der Waals surface area contributed by atoms with E-state index in [1.807, 2.05) is 0 Å². The average molecular weight is 263 g/mol. The van der Waals surface area contributed by atoms with Crippen molar-refractivity contribution in [2.45, 2.75) is 6.61 Å². The highest BCUT2D eigenvalue weighted by atomic mass is 19.1. The molecular weight excluding hydrogens is 252 g/mol. The predicted octanol–water partition coefficient (Wildman–Crippen LogP) is 2.71. The van der Waals surface area contributed by atoms with Crippen LogP contribution in [0.3, 0.4) is 0 Å². The van der Waals surface area contributed by atoms with Crippen molar-refractivity contribution < 1.29 is 18.7 Å². The van der Waals surface area contributed by atoms with E-state index < -0.39 is 17.5 Å². The summed E-state index contributed by atoms with van der Waals surface area (Å²) in [6.45, 7) is -0.262. The van der Waals surface area contributed by atoms with Gasteiger partial charge in [0.2, 0.25) is 0 Å². The maximum absolute atomic E-state index is 13.4. The number of hydrogen-bond donors (Lipinski definition) is 2. The quantitative estimate of drug-likeness (QED) is 0.894. The maximum atomic E-state index is 13.4. The van der Waals surface area contributed by atoms with Crippen molar-refractivity contribution in [3.05, 3.63) is 65.2 Å². The number of para-hydroxylation sites is 1. The van der Waals surface area contributed by atoms with Crippen molar-refractivity contribution in [1.82, 2.24) is 0 Å². The minimum atomic E-state index is -0.805. The van der Waals surface area contributed by atoms with Gasteiger partial charge in [-0.25, -0.2) is 8.78 Å². The van der Waals surface area contributed by atoms with E-state index in [4.69, 9.17) is 5.11 Å². The lowest BCUT2D eigenvalue weighted by molar-refractivity contribution is 0.102. The Kier molecular flexibility index (Phi) is 3.87. The van der Waals surface area contributed by atoms with Crippen LogP contribution in [0.15, 0.2) is 42.5 Å². The largest absolute Gasteiger partial charge is 0.392 e. The SMILES string of the molecule is O=C(Nc1ccccc1CO)c1cc(F)ccc1F. The number of halogens is 2. The van der Waals surface area contributed by atoms with Crippen LogP contribution >= 0.6 is 0 Å². The molecule has 0 aromatic heterocycles. The Morgan fingerprint density at radius 3 is 2.63 bits per heavy atom. The third kappa shape index (κ3) is 2.95. The van der Waals surface area contributed by atoms with Crippen molar-refractivity contribution in [1.29, 1.82) is 0 Å². The van der Waals surface area contributed by atoms with Crippen molar-refractivity contribution >= 4 is 11.6 Å². The lowest BCUT2D eigenvalue weighted by atomic mass is 10.1. The van der Waals surface area contributed by atoms with Crippen molar-refractivity contribution in [3.63, 3.8) is 0 Å². The van der Waals surface area contributed by atoms with Gasteiger partial charge in [-0.15, -0.1) is 0 Å². The number of rotatable bonds is 3. The second kappa shape index (κ2) is 5.58. The molecule has 2 aromatic carbocycles. The molecule has 0 aliphatic rings. The topological polar surface area (TPSA) is 49.3 Å². The normalized spacial score (nSPS) is 10.3. The van der Waals surface area contributed by atoms with Gasteiger partial charge in [-0.2, -0.15) is 0 Å². The second-order valence-corrected chi connectivity index (χ2v) is 3.89. The third-order valence-electron chi connectivity index (χ3n) is 2.61. The van der Waals surface area contributed by atoms with Gasteiger partial charge in [-0.1, -0.05) is 18.2 Å². The van der Waals surface area contributed by atoms with E-state index in [1.54, 1.807) is 24.3 Å². The van der Waals surface area contributed by atoms with E-state index in [0.717, 1.165) is 18.2 Å². The highest BCUT2D eigenvalue weighted by Crippen LogP contribution is 2.17. The number of nitrogens with one attached hydrogen (secondary N) is 1. The molecule has 98 valence electrons. The molecule has 0 atom stereocenters. The number of aliphatic hydroxyl groups excluding tert-OH is 1. The smallest absolute Gasteiger partial charge is 0.258 e. The molecule has 5 heteroatoms. The van der Waals surface area contributed by atoms with Crippen LogP contribution in [0.25, 0.3) is 0 Å². The van der Waals surface area contributed by atoms with Gasteiger partial charge in [0, 0.05) is 11.3 Å². The molecule has 2 rings (SSSR count). The molecule has 1 amide bonds. The lowest BCUT2D eigenvalue weighted by Gasteiger charge is -2.09. The van der Waals surface area contributed by atoms with E-state index >= 15 is 0 Å². The number of carbonyl (C=O) groups excluding carboxylic acids is 1. The van der Waals surface area contributed by atoms with E-state index in [1.165, 1.54) is 0 Å². The summed E-state index contributed by atoms with van der Waals surface area (Å²) in [6, 6.07) is 9.21. The van der Waals surface area contributed by atoms with E-state index in [9.17, 15) is 13.6 Å². The molecule has 0 radical (unpaired) electrons. The summed E-state index contributed by atoms with van der Waals surface area (Å²) < 4.78 is 26.4. The summed E-state index contributed by atoms with van der Waals surface area (Å²) in [4.78, 5) is 11.9. The molecule has 2 aromatic rings. The van der Waals surface area contributed by atoms with Crippen LogP contribution in [0, 0.1) is 11.6 Å². The lowest BCUT2D eigenvalue weighted by Crippen LogP contribution is -2.15. The molecule has 19 heavy (non-hydrogen) atoms. The van der Waals surface area contributed by atoms with Gasteiger partial charge in [0.15, 0.2) is 0 Å². The molecule has 0 unspecified atom stereocenters. The van der Waals surface area contributed by atoms with E-state index in [-0.39, 0.29) is 12.2 Å². The molecule has 0 heterocycles. The van der Waals surface area contributed by atoms with Gasteiger partial charge in [-0.3, -0.25) is 4.79 Å². The number of carbonyl (C=O) groups is 1. The fraction of sp³-hybridized carbons (Fsp3) is 0.0714. The zero-order valence-electron chi connectivity index (χ0n) is 9.86. The first kappa shape index (κ1) is 13.2.